The van der Waals surface area contributed by atoms with E-state index < -0.39 is 0 Å². The second kappa shape index (κ2) is 12.3. The molecule has 4 aromatic carbocycles. The Bertz CT molecular complexity index is 1110. The van der Waals surface area contributed by atoms with Crippen LogP contribution < -0.4 is 0 Å². The number of phenols is 2. The standard InChI is InChI=1S/C33H36O2/c1-2-3-4-5-6-13-18-29(27-19-21-32(34)30(23-27)25-14-9-7-10-15-25)28-20-22-33(35)31(24-28)26-16-11-8-12-17-26/h7-12,14-17,19-24,29,34-35H,2-6,13,18H2,1H3. The summed E-state index contributed by atoms with van der Waals surface area (Å²) in [5.74, 6) is 0.787. The summed E-state index contributed by atoms with van der Waals surface area (Å²) in [6.45, 7) is 2.25. The topological polar surface area (TPSA) is 40.5 Å². The van der Waals surface area contributed by atoms with E-state index in [1.807, 2.05) is 72.8 Å². The van der Waals surface area contributed by atoms with E-state index in [-0.39, 0.29) is 5.92 Å². The predicted octanol–water partition coefficient (Wildman–Crippen LogP) is 9.31. The first-order valence-electron chi connectivity index (χ1n) is 12.9. The normalized spacial score (nSPS) is 11.1. The van der Waals surface area contributed by atoms with Crippen LogP contribution in [0.5, 0.6) is 11.5 Å². The SMILES string of the molecule is CCCCCCCCC(c1ccc(O)c(-c2ccccc2)c1)c1ccc(O)c(-c2ccccc2)c1. The molecule has 180 valence electrons. The molecule has 0 heterocycles. The summed E-state index contributed by atoms with van der Waals surface area (Å²) < 4.78 is 0. The van der Waals surface area contributed by atoms with E-state index in [2.05, 4.69) is 31.2 Å². The Morgan fingerprint density at radius 3 is 1.49 bits per heavy atom. The Balaban J connectivity index is 1.69. The lowest BCUT2D eigenvalue weighted by molar-refractivity contribution is 0.476. The summed E-state index contributed by atoms with van der Waals surface area (Å²) in [6.07, 6.45) is 8.55. The van der Waals surface area contributed by atoms with Gasteiger partial charge in [0.05, 0.1) is 0 Å². The third-order valence-electron chi connectivity index (χ3n) is 6.86. The molecule has 4 aromatic rings. The number of unbranched alkanes of at least 4 members (excludes halogenated alkanes) is 5. The van der Waals surface area contributed by atoms with Gasteiger partial charge >= 0.3 is 0 Å². The van der Waals surface area contributed by atoms with Crippen LogP contribution in [0.3, 0.4) is 0 Å². The highest BCUT2D eigenvalue weighted by atomic mass is 16.3. The first-order chi connectivity index (χ1) is 17.2. The largest absolute Gasteiger partial charge is 0.507 e. The van der Waals surface area contributed by atoms with Crippen LogP contribution in [0, 0.1) is 0 Å². The number of hydrogen-bond acceptors (Lipinski definition) is 2. The quantitative estimate of drug-likeness (QED) is 0.217. The molecule has 4 rings (SSSR count). The van der Waals surface area contributed by atoms with Crippen LogP contribution in [0.2, 0.25) is 0 Å². The van der Waals surface area contributed by atoms with Gasteiger partial charge in [0.25, 0.3) is 0 Å². The summed E-state index contributed by atoms with van der Waals surface area (Å²) in [6, 6.07) is 32.2. The van der Waals surface area contributed by atoms with Gasteiger partial charge < -0.3 is 10.2 Å². The second-order valence-electron chi connectivity index (χ2n) is 9.39. The van der Waals surface area contributed by atoms with Gasteiger partial charge in [-0.1, -0.05) is 118 Å². The molecule has 0 aliphatic heterocycles. The predicted molar refractivity (Wildman–Crippen MR) is 147 cm³/mol. The molecule has 0 aromatic heterocycles. The Kier molecular flexibility index (Phi) is 8.62. The van der Waals surface area contributed by atoms with Gasteiger partial charge in [0.2, 0.25) is 0 Å². The number of aromatic hydroxyl groups is 2. The lowest BCUT2D eigenvalue weighted by Gasteiger charge is -2.21. The molecule has 2 heteroatoms. The molecule has 0 saturated heterocycles. The van der Waals surface area contributed by atoms with Crippen LogP contribution in [-0.2, 0) is 0 Å². The monoisotopic (exact) mass is 464 g/mol. The van der Waals surface area contributed by atoms with Crippen LogP contribution in [-0.4, -0.2) is 10.2 Å². The Morgan fingerprint density at radius 1 is 0.543 bits per heavy atom. The van der Waals surface area contributed by atoms with E-state index in [0.29, 0.717) is 11.5 Å². The van der Waals surface area contributed by atoms with E-state index in [9.17, 15) is 10.2 Å². The van der Waals surface area contributed by atoms with Crippen molar-refractivity contribution in [1.82, 2.24) is 0 Å². The van der Waals surface area contributed by atoms with Crippen molar-refractivity contribution >= 4 is 0 Å². The van der Waals surface area contributed by atoms with Gasteiger partial charge in [-0.2, -0.15) is 0 Å². The summed E-state index contributed by atoms with van der Waals surface area (Å²) in [7, 11) is 0. The molecule has 0 unspecified atom stereocenters. The molecule has 0 spiro atoms. The maximum atomic E-state index is 10.6. The summed E-state index contributed by atoms with van der Waals surface area (Å²) in [5, 5.41) is 21.3. The molecule has 0 radical (unpaired) electrons. The second-order valence-corrected chi connectivity index (χ2v) is 9.39. The van der Waals surface area contributed by atoms with Crippen molar-refractivity contribution in [2.45, 2.75) is 57.8 Å². The molecule has 0 saturated carbocycles. The third-order valence-corrected chi connectivity index (χ3v) is 6.86. The van der Waals surface area contributed by atoms with Gasteiger partial charge in [-0.3, -0.25) is 0 Å². The lowest BCUT2D eigenvalue weighted by Crippen LogP contribution is -2.03. The molecule has 0 aliphatic carbocycles. The van der Waals surface area contributed by atoms with Crippen molar-refractivity contribution in [3.05, 3.63) is 108 Å². The smallest absolute Gasteiger partial charge is 0.123 e. The van der Waals surface area contributed by atoms with Gasteiger partial charge in [0.1, 0.15) is 11.5 Å². The molecular weight excluding hydrogens is 428 g/mol. The van der Waals surface area contributed by atoms with Crippen molar-refractivity contribution in [3.63, 3.8) is 0 Å². The van der Waals surface area contributed by atoms with Crippen molar-refractivity contribution in [3.8, 4) is 33.8 Å². The molecule has 35 heavy (non-hydrogen) atoms. The minimum Gasteiger partial charge on any atom is -0.507 e. The highest BCUT2D eigenvalue weighted by Crippen LogP contribution is 2.39. The van der Waals surface area contributed by atoms with Gasteiger partial charge in [0.15, 0.2) is 0 Å². The first kappa shape index (κ1) is 24.6. The molecule has 2 nitrogen and oxygen atoms in total. The van der Waals surface area contributed by atoms with E-state index in [1.165, 1.54) is 43.2 Å². The number of benzene rings is 4. The highest BCUT2D eigenvalue weighted by Gasteiger charge is 2.18. The van der Waals surface area contributed by atoms with Crippen molar-refractivity contribution in [2.75, 3.05) is 0 Å². The Hall–Kier alpha value is -3.52. The number of phenolic OH excluding ortho intramolecular Hbond substituents is 2. The van der Waals surface area contributed by atoms with E-state index in [1.54, 1.807) is 0 Å². The van der Waals surface area contributed by atoms with E-state index in [4.69, 9.17) is 0 Å². The molecule has 2 N–H and O–H groups in total. The van der Waals surface area contributed by atoms with Crippen LogP contribution in [0.25, 0.3) is 22.3 Å². The third kappa shape index (κ3) is 6.33. The van der Waals surface area contributed by atoms with Crippen molar-refractivity contribution in [2.24, 2.45) is 0 Å². The van der Waals surface area contributed by atoms with Gasteiger partial charge in [-0.15, -0.1) is 0 Å². The number of hydrogen-bond donors (Lipinski definition) is 2. The van der Waals surface area contributed by atoms with Gasteiger partial charge in [0, 0.05) is 17.0 Å². The fourth-order valence-electron chi connectivity index (χ4n) is 4.89. The zero-order valence-corrected chi connectivity index (χ0v) is 20.7. The van der Waals surface area contributed by atoms with Gasteiger partial charge in [-0.25, -0.2) is 0 Å². The molecular formula is C33H36O2. The molecule has 0 fully saturated rings. The Morgan fingerprint density at radius 2 is 1.00 bits per heavy atom. The fourth-order valence-corrected chi connectivity index (χ4v) is 4.89. The van der Waals surface area contributed by atoms with Crippen LogP contribution in [0.4, 0.5) is 0 Å². The maximum absolute atomic E-state index is 10.6. The molecule has 0 amide bonds. The molecule has 0 aliphatic rings. The van der Waals surface area contributed by atoms with E-state index in [0.717, 1.165) is 35.1 Å². The minimum atomic E-state index is 0.187. The summed E-state index contributed by atoms with van der Waals surface area (Å²) >= 11 is 0. The zero-order chi connectivity index (χ0) is 24.5. The molecule has 0 bridgehead atoms. The minimum absolute atomic E-state index is 0.187. The fraction of sp³-hybridized carbons (Fsp3) is 0.273. The summed E-state index contributed by atoms with van der Waals surface area (Å²) in [4.78, 5) is 0. The zero-order valence-electron chi connectivity index (χ0n) is 20.7. The highest BCUT2D eigenvalue weighted by molar-refractivity contribution is 5.73. The van der Waals surface area contributed by atoms with Crippen LogP contribution >= 0.6 is 0 Å². The Labute approximate surface area is 209 Å². The molecule has 0 atom stereocenters. The van der Waals surface area contributed by atoms with Gasteiger partial charge in [-0.05, 0) is 52.9 Å². The summed E-state index contributed by atoms with van der Waals surface area (Å²) in [5.41, 5.74) is 6.14. The average molecular weight is 465 g/mol. The average Bonchev–Trinajstić information content (AvgIpc) is 2.90. The number of rotatable bonds is 11. The van der Waals surface area contributed by atoms with Crippen molar-refractivity contribution < 1.29 is 10.2 Å². The van der Waals surface area contributed by atoms with Crippen LogP contribution in [0.1, 0.15) is 68.9 Å². The van der Waals surface area contributed by atoms with Crippen molar-refractivity contribution in [1.29, 1.82) is 0 Å². The van der Waals surface area contributed by atoms with Crippen LogP contribution in [0.15, 0.2) is 97.1 Å². The van der Waals surface area contributed by atoms with E-state index >= 15 is 0 Å². The maximum Gasteiger partial charge on any atom is 0.123 e. The lowest BCUT2D eigenvalue weighted by atomic mass is 9.84. The first-order valence-corrected chi connectivity index (χ1v) is 12.9.